The molecule has 0 fully saturated rings. The summed E-state index contributed by atoms with van der Waals surface area (Å²) in [6.07, 6.45) is 0. The Morgan fingerprint density at radius 3 is 2.42 bits per heavy atom. The van der Waals surface area contributed by atoms with Gasteiger partial charge in [0.15, 0.2) is 16.3 Å². The second kappa shape index (κ2) is 11.8. The van der Waals surface area contributed by atoms with Gasteiger partial charge >= 0.3 is 11.9 Å². The largest absolute Gasteiger partial charge is 0.493 e. The summed E-state index contributed by atoms with van der Waals surface area (Å²) >= 11 is 7.15. The molecule has 12 heteroatoms. The van der Waals surface area contributed by atoms with Crippen molar-refractivity contribution in [3.8, 4) is 11.5 Å². The number of methoxy groups -OCH3 is 2. The first-order chi connectivity index (χ1) is 21.6. The first-order valence-corrected chi connectivity index (χ1v) is 15.0. The summed E-state index contributed by atoms with van der Waals surface area (Å²) < 4.78 is 17.4. The van der Waals surface area contributed by atoms with Gasteiger partial charge in [-0.15, -0.1) is 0 Å². The maximum Gasteiger partial charge on any atom is 0.338 e. The van der Waals surface area contributed by atoms with E-state index in [0.717, 1.165) is 16.9 Å². The smallest absolute Gasteiger partial charge is 0.338 e. The summed E-state index contributed by atoms with van der Waals surface area (Å²) in [4.78, 5) is 59.8. The number of rotatable bonds is 6. The van der Waals surface area contributed by atoms with Crippen molar-refractivity contribution in [2.45, 2.75) is 26.4 Å². The highest BCUT2D eigenvalue weighted by atomic mass is 35.5. The fraction of sp³-hybridized carbons (Fsp3) is 0.182. The van der Waals surface area contributed by atoms with E-state index in [-0.39, 0.29) is 39.6 Å². The Bertz CT molecular complexity index is 2110. The Kier molecular flexibility index (Phi) is 7.90. The van der Waals surface area contributed by atoms with E-state index in [1.54, 1.807) is 36.1 Å². The van der Waals surface area contributed by atoms with Gasteiger partial charge in [0.2, 0.25) is 0 Å². The average molecular weight is 644 g/mol. The van der Waals surface area contributed by atoms with Crippen molar-refractivity contribution >= 4 is 52.0 Å². The fourth-order valence-corrected chi connectivity index (χ4v) is 6.84. The molecule has 0 aliphatic carbocycles. The molecule has 0 bridgehead atoms. The van der Waals surface area contributed by atoms with Crippen LogP contribution >= 0.6 is 22.9 Å². The van der Waals surface area contributed by atoms with Crippen molar-refractivity contribution in [3.63, 3.8) is 0 Å². The van der Waals surface area contributed by atoms with Crippen LogP contribution in [0.1, 0.15) is 36.6 Å². The summed E-state index contributed by atoms with van der Waals surface area (Å²) in [7, 11) is 2.67. The maximum absolute atomic E-state index is 14.4. The van der Waals surface area contributed by atoms with Crippen molar-refractivity contribution in [2.75, 3.05) is 19.1 Å². The number of para-hydroxylation sites is 1. The number of ether oxygens (including phenoxy) is 3. The molecule has 0 N–H and O–H groups in total. The first kappa shape index (κ1) is 30.0. The van der Waals surface area contributed by atoms with Crippen LogP contribution in [0.15, 0.2) is 87.8 Å². The Balaban J connectivity index is 1.56. The minimum atomic E-state index is -0.972. The zero-order valence-corrected chi connectivity index (χ0v) is 26.2. The molecule has 2 aliphatic heterocycles. The topological polar surface area (TPSA) is 117 Å². The van der Waals surface area contributed by atoms with Crippen LogP contribution < -0.4 is 29.3 Å². The van der Waals surface area contributed by atoms with Crippen LogP contribution in [0, 0.1) is 0 Å². The monoisotopic (exact) mass is 643 g/mol. The molecular weight excluding hydrogens is 618 g/mol. The second-order valence-corrected chi connectivity index (χ2v) is 11.7. The lowest BCUT2D eigenvalue weighted by atomic mass is 9.95. The molecule has 228 valence electrons. The van der Waals surface area contributed by atoms with Gasteiger partial charge in [-0.05, 0) is 48.4 Å². The molecule has 2 aliphatic rings. The van der Waals surface area contributed by atoms with Crippen LogP contribution in [0.5, 0.6) is 11.5 Å². The normalized spacial score (nSPS) is 16.6. The molecule has 3 heterocycles. The number of thiazole rings is 1. The molecule has 6 rings (SSSR count). The highest BCUT2D eigenvalue weighted by Crippen LogP contribution is 2.38. The van der Waals surface area contributed by atoms with E-state index in [0.29, 0.717) is 32.3 Å². The number of nitrogens with zero attached hydrogens (tertiary/aromatic N) is 3. The van der Waals surface area contributed by atoms with Gasteiger partial charge in [0, 0.05) is 17.5 Å². The van der Waals surface area contributed by atoms with Gasteiger partial charge in [-0.25, -0.2) is 9.79 Å². The number of amides is 1. The number of hydrogen-bond acceptors (Lipinski definition) is 9. The number of hydrogen-bond donors (Lipinski definition) is 0. The van der Waals surface area contributed by atoms with E-state index in [1.807, 2.05) is 36.4 Å². The van der Waals surface area contributed by atoms with Crippen LogP contribution in [-0.2, 0) is 25.7 Å². The number of fused-ring (bicyclic) bond motifs is 2. The highest BCUT2D eigenvalue weighted by Gasteiger charge is 2.37. The SMILES string of the molecule is COC(=O)C1=C(C)N=c2s/c(=C3\C(=O)N(Cc4ccc(Cl)cc4)c4ccccc43)c(=O)n2[C@@H]1c1ccc(OC(C)=O)c(OC)c1. The molecule has 0 radical (unpaired) electrons. The molecule has 45 heavy (non-hydrogen) atoms. The predicted molar refractivity (Wildman–Crippen MR) is 168 cm³/mol. The van der Waals surface area contributed by atoms with Gasteiger partial charge in [-0.1, -0.05) is 59.3 Å². The van der Waals surface area contributed by atoms with E-state index in [2.05, 4.69) is 4.99 Å². The molecule has 0 saturated heterocycles. The predicted octanol–water partition coefficient (Wildman–Crippen LogP) is 3.91. The third-order valence-electron chi connectivity index (χ3n) is 7.56. The molecule has 1 amide bonds. The van der Waals surface area contributed by atoms with E-state index < -0.39 is 23.5 Å². The van der Waals surface area contributed by atoms with Crippen molar-refractivity contribution in [1.29, 1.82) is 0 Å². The van der Waals surface area contributed by atoms with Crippen molar-refractivity contribution in [2.24, 2.45) is 4.99 Å². The molecular formula is C33H26ClN3O7S. The van der Waals surface area contributed by atoms with Gasteiger partial charge in [-0.3, -0.25) is 19.0 Å². The van der Waals surface area contributed by atoms with Gasteiger partial charge in [0.1, 0.15) is 4.53 Å². The fourth-order valence-electron chi connectivity index (χ4n) is 5.58. The molecule has 10 nitrogen and oxygen atoms in total. The lowest BCUT2D eigenvalue weighted by Gasteiger charge is -2.25. The second-order valence-electron chi connectivity index (χ2n) is 10.3. The average Bonchev–Trinajstić information content (AvgIpc) is 3.49. The van der Waals surface area contributed by atoms with E-state index >= 15 is 0 Å². The minimum absolute atomic E-state index is 0.145. The third kappa shape index (κ3) is 5.23. The molecule has 0 unspecified atom stereocenters. The molecule has 1 aromatic heterocycles. The number of allylic oxidation sites excluding steroid dienone is 1. The number of anilines is 1. The number of benzene rings is 3. The van der Waals surface area contributed by atoms with E-state index in [4.69, 9.17) is 25.8 Å². The van der Waals surface area contributed by atoms with Crippen molar-refractivity contribution < 1.29 is 28.6 Å². The van der Waals surface area contributed by atoms with Crippen LogP contribution in [0.2, 0.25) is 5.02 Å². The summed E-state index contributed by atoms with van der Waals surface area (Å²) in [5.41, 5.74) is 2.91. The standard InChI is InChI=1S/C33H26ClN3O7S/c1-17-26(32(41)43-4)28(20-11-14-24(44-18(2)38)25(15-20)42-3)37-31(40)29(45-33(37)35-17)27-22-7-5-6-8-23(22)36(30(27)39)16-19-9-12-21(34)13-10-19/h5-15,28H,16H2,1-4H3/b29-27-/t28-/m1/s1. The first-order valence-electron chi connectivity index (χ1n) is 13.8. The van der Waals surface area contributed by atoms with Gasteiger partial charge in [0.05, 0.1) is 49.3 Å². The summed E-state index contributed by atoms with van der Waals surface area (Å²) in [6.45, 7) is 3.21. The zero-order valence-electron chi connectivity index (χ0n) is 24.6. The van der Waals surface area contributed by atoms with Crippen LogP contribution in [0.4, 0.5) is 5.69 Å². The highest BCUT2D eigenvalue weighted by molar-refractivity contribution is 7.07. The van der Waals surface area contributed by atoms with Gasteiger partial charge in [-0.2, -0.15) is 0 Å². The third-order valence-corrected chi connectivity index (χ3v) is 8.87. The maximum atomic E-state index is 14.4. The van der Waals surface area contributed by atoms with E-state index in [9.17, 15) is 19.2 Å². The van der Waals surface area contributed by atoms with Gasteiger partial charge < -0.3 is 19.1 Å². The zero-order chi connectivity index (χ0) is 32.0. The molecule has 0 spiro atoms. The Morgan fingerprint density at radius 1 is 1.00 bits per heavy atom. The van der Waals surface area contributed by atoms with E-state index in [1.165, 1.54) is 31.8 Å². The Morgan fingerprint density at radius 2 is 1.73 bits per heavy atom. The number of carbonyl (C=O) groups is 3. The quantitative estimate of drug-likeness (QED) is 0.231. The van der Waals surface area contributed by atoms with Crippen molar-refractivity contribution in [3.05, 3.63) is 119 Å². The molecule has 4 aromatic rings. The van der Waals surface area contributed by atoms with Gasteiger partial charge in [0.25, 0.3) is 11.5 Å². The lowest BCUT2D eigenvalue weighted by Crippen LogP contribution is -2.40. The molecule has 3 aromatic carbocycles. The summed E-state index contributed by atoms with van der Waals surface area (Å²) in [5.74, 6) is -1.13. The summed E-state index contributed by atoms with van der Waals surface area (Å²) in [6, 6.07) is 18.3. The Labute approximate surface area is 266 Å². The molecule has 0 saturated carbocycles. The number of halogens is 1. The minimum Gasteiger partial charge on any atom is -0.493 e. The number of aromatic nitrogens is 1. The van der Waals surface area contributed by atoms with Crippen molar-refractivity contribution in [1.82, 2.24) is 4.57 Å². The summed E-state index contributed by atoms with van der Waals surface area (Å²) in [5, 5.41) is 0.587. The molecule has 1 atom stereocenters. The van der Waals surface area contributed by atoms with Crippen LogP contribution in [0.3, 0.4) is 0 Å². The Hall–Kier alpha value is -5.00. The number of esters is 2. The lowest BCUT2D eigenvalue weighted by molar-refractivity contribution is -0.136. The van der Waals surface area contributed by atoms with Crippen LogP contribution in [-0.4, -0.2) is 36.6 Å². The van der Waals surface area contributed by atoms with Crippen LogP contribution in [0.25, 0.3) is 5.57 Å². The number of carbonyl (C=O) groups excluding carboxylic acids is 3.